The summed E-state index contributed by atoms with van der Waals surface area (Å²) in [4.78, 5) is 7.28. The highest BCUT2D eigenvalue weighted by Gasteiger charge is 2.10. The molecule has 1 aromatic carbocycles. The fourth-order valence-electron chi connectivity index (χ4n) is 2.62. The van der Waals surface area contributed by atoms with Crippen molar-refractivity contribution in [3.8, 4) is 0 Å². The average molecular weight is 409 g/mol. The van der Waals surface area contributed by atoms with Crippen LogP contribution in [0, 0.1) is 6.92 Å². The van der Waals surface area contributed by atoms with E-state index >= 15 is 0 Å². The molecule has 6 nitrogen and oxygen atoms in total. The largest absolute Gasteiger partial charge is 0.357 e. The summed E-state index contributed by atoms with van der Waals surface area (Å²) in [6.45, 7) is 7.38. The van der Waals surface area contributed by atoms with Gasteiger partial charge in [-0.1, -0.05) is 18.2 Å². The van der Waals surface area contributed by atoms with Crippen molar-refractivity contribution in [2.24, 2.45) is 4.99 Å². The Kier molecular flexibility index (Phi) is 7.67. The number of hydrogen-bond donors (Lipinski definition) is 3. The number of para-hydroxylation sites is 1. The topological polar surface area (TPSA) is 82.6 Å². The third kappa shape index (κ3) is 7.60. The maximum atomic E-state index is 11.5. The van der Waals surface area contributed by atoms with Crippen molar-refractivity contribution in [3.05, 3.63) is 51.7 Å². The molecule has 0 aliphatic heterocycles. The first-order chi connectivity index (χ1) is 12.8. The summed E-state index contributed by atoms with van der Waals surface area (Å²) in [5, 5.41) is 6.67. The van der Waals surface area contributed by atoms with E-state index in [1.54, 1.807) is 12.1 Å². The molecule has 27 heavy (non-hydrogen) atoms. The molecule has 2 aromatic rings. The number of nitrogens with zero attached hydrogens (tertiary/aromatic N) is 1. The zero-order valence-electron chi connectivity index (χ0n) is 16.2. The van der Waals surface area contributed by atoms with Gasteiger partial charge in [0.2, 0.25) is 10.0 Å². The SMILES string of the molecule is CCNC(=NCc1ccccc1NS(C)(=O)=O)NC(C)Cc1ccc(C)s1. The number of rotatable bonds is 8. The van der Waals surface area contributed by atoms with Crippen molar-refractivity contribution in [3.63, 3.8) is 0 Å². The molecule has 0 bridgehead atoms. The number of anilines is 1. The molecule has 1 aromatic heterocycles. The van der Waals surface area contributed by atoms with Crippen molar-refractivity contribution in [1.29, 1.82) is 0 Å². The van der Waals surface area contributed by atoms with Gasteiger partial charge in [0.25, 0.3) is 0 Å². The molecule has 0 aliphatic carbocycles. The molecule has 0 saturated carbocycles. The molecule has 0 fully saturated rings. The number of sulfonamides is 1. The van der Waals surface area contributed by atoms with Gasteiger partial charge in [0.05, 0.1) is 18.5 Å². The minimum Gasteiger partial charge on any atom is -0.357 e. The van der Waals surface area contributed by atoms with Gasteiger partial charge in [0, 0.05) is 28.8 Å². The first-order valence-corrected chi connectivity index (χ1v) is 11.6. The number of aryl methyl sites for hydroxylation is 1. The molecule has 1 heterocycles. The van der Waals surface area contributed by atoms with Crippen LogP contribution in [0.25, 0.3) is 0 Å². The predicted molar refractivity (Wildman–Crippen MR) is 115 cm³/mol. The van der Waals surface area contributed by atoms with Crippen LogP contribution in [0.4, 0.5) is 5.69 Å². The molecule has 0 amide bonds. The molecule has 0 radical (unpaired) electrons. The summed E-state index contributed by atoms with van der Waals surface area (Å²) in [6.07, 6.45) is 2.07. The number of guanidine groups is 1. The van der Waals surface area contributed by atoms with E-state index in [2.05, 4.69) is 46.3 Å². The van der Waals surface area contributed by atoms with E-state index in [-0.39, 0.29) is 6.04 Å². The minimum atomic E-state index is -3.33. The van der Waals surface area contributed by atoms with Gasteiger partial charge in [-0.15, -0.1) is 11.3 Å². The normalized spacial score (nSPS) is 13.3. The molecule has 148 valence electrons. The Morgan fingerprint density at radius 2 is 1.96 bits per heavy atom. The van der Waals surface area contributed by atoms with Crippen LogP contribution in [0.1, 0.15) is 29.2 Å². The van der Waals surface area contributed by atoms with Gasteiger partial charge in [-0.05, 0) is 44.5 Å². The molecule has 0 spiro atoms. The van der Waals surface area contributed by atoms with Crippen LogP contribution in [0.15, 0.2) is 41.4 Å². The van der Waals surface area contributed by atoms with E-state index in [1.807, 2.05) is 30.4 Å². The second-order valence-electron chi connectivity index (χ2n) is 6.49. The molecule has 2 rings (SSSR count). The lowest BCUT2D eigenvalue weighted by molar-refractivity contribution is 0.606. The maximum absolute atomic E-state index is 11.5. The second kappa shape index (κ2) is 9.75. The van der Waals surface area contributed by atoms with E-state index in [1.165, 1.54) is 9.75 Å². The molecule has 8 heteroatoms. The van der Waals surface area contributed by atoms with E-state index < -0.39 is 10.0 Å². The van der Waals surface area contributed by atoms with E-state index in [0.29, 0.717) is 18.2 Å². The number of aliphatic imine (C=N–C) groups is 1. The number of benzene rings is 1. The Hall–Kier alpha value is -2.06. The molecular formula is C19H28N4O2S2. The lowest BCUT2D eigenvalue weighted by atomic mass is 10.2. The molecule has 0 saturated heterocycles. The fraction of sp³-hybridized carbons (Fsp3) is 0.421. The zero-order valence-corrected chi connectivity index (χ0v) is 17.9. The molecule has 0 aliphatic rings. The number of nitrogens with one attached hydrogen (secondary N) is 3. The van der Waals surface area contributed by atoms with Crippen molar-refractivity contribution < 1.29 is 8.42 Å². The van der Waals surface area contributed by atoms with Crippen LogP contribution >= 0.6 is 11.3 Å². The molecular weight excluding hydrogens is 380 g/mol. The average Bonchev–Trinajstić information content (AvgIpc) is 2.97. The Bertz CT molecular complexity index is 875. The summed E-state index contributed by atoms with van der Waals surface area (Å²) >= 11 is 1.81. The number of hydrogen-bond acceptors (Lipinski definition) is 4. The van der Waals surface area contributed by atoms with Gasteiger partial charge in [-0.2, -0.15) is 0 Å². The van der Waals surface area contributed by atoms with Gasteiger partial charge in [0.15, 0.2) is 5.96 Å². The Morgan fingerprint density at radius 1 is 1.22 bits per heavy atom. The maximum Gasteiger partial charge on any atom is 0.229 e. The predicted octanol–water partition coefficient (Wildman–Crippen LogP) is 3.11. The first-order valence-electron chi connectivity index (χ1n) is 8.92. The van der Waals surface area contributed by atoms with Gasteiger partial charge in [-0.3, -0.25) is 4.72 Å². The van der Waals surface area contributed by atoms with Crippen LogP contribution < -0.4 is 15.4 Å². The van der Waals surface area contributed by atoms with Gasteiger partial charge < -0.3 is 10.6 Å². The van der Waals surface area contributed by atoms with Crippen molar-refractivity contribution in [1.82, 2.24) is 10.6 Å². The summed E-state index contributed by atoms with van der Waals surface area (Å²) in [7, 11) is -3.33. The highest BCUT2D eigenvalue weighted by molar-refractivity contribution is 7.92. The highest BCUT2D eigenvalue weighted by Crippen LogP contribution is 2.18. The van der Waals surface area contributed by atoms with Gasteiger partial charge >= 0.3 is 0 Å². The van der Waals surface area contributed by atoms with Crippen molar-refractivity contribution >= 4 is 33.0 Å². The monoisotopic (exact) mass is 408 g/mol. The minimum absolute atomic E-state index is 0.227. The van der Waals surface area contributed by atoms with Crippen LogP contribution in [-0.2, 0) is 23.0 Å². The fourth-order valence-corrected chi connectivity index (χ4v) is 4.24. The van der Waals surface area contributed by atoms with Crippen LogP contribution in [0.2, 0.25) is 0 Å². The van der Waals surface area contributed by atoms with Crippen LogP contribution in [-0.4, -0.2) is 33.2 Å². The summed E-state index contributed by atoms with van der Waals surface area (Å²) in [5.41, 5.74) is 1.38. The van der Waals surface area contributed by atoms with Gasteiger partial charge in [0.1, 0.15) is 0 Å². The van der Waals surface area contributed by atoms with Crippen molar-refractivity contribution in [2.75, 3.05) is 17.5 Å². The van der Waals surface area contributed by atoms with Crippen LogP contribution in [0.5, 0.6) is 0 Å². The van der Waals surface area contributed by atoms with Gasteiger partial charge in [-0.25, -0.2) is 13.4 Å². The van der Waals surface area contributed by atoms with Crippen molar-refractivity contribution in [2.45, 2.75) is 39.8 Å². The second-order valence-corrected chi connectivity index (χ2v) is 9.61. The quantitative estimate of drug-likeness (QED) is 0.463. The molecule has 3 N–H and O–H groups in total. The smallest absolute Gasteiger partial charge is 0.229 e. The van der Waals surface area contributed by atoms with E-state index in [0.717, 1.165) is 24.8 Å². The molecule has 1 unspecified atom stereocenters. The lowest BCUT2D eigenvalue weighted by Gasteiger charge is -2.17. The third-order valence-electron chi connectivity index (χ3n) is 3.75. The highest BCUT2D eigenvalue weighted by atomic mass is 32.2. The Morgan fingerprint density at radius 3 is 2.59 bits per heavy atom. The zero-order chi connectivity index (χ0) is 19.9. The standard InChI is InChI=1S/C19H28N4O2S2/c1-5-20-19(22-14(2)12-17-11-10-15(3)26-17)21-13-16-8-6-7-9-18(16)23-27(4,24)25/h6-11,14,23H,5,12-13H2,1-4H3,(H2,20,21,22). The summed E-state index contributed by atoms with van der Waals surface area (Å²) < 4.78 is 25.6. The van der Waals surface area contributed by atoms with Crippen LogP contribution in [0.3, 0.4) is 0 Å². The third-order valence-corrected chi connectivity index (χ3v) is 5.36. The Balaban J connectivity index is 2.06. The first kappa shape index (κ1) is 21.2. The van der Waals surface area contributed by atoms with E-state index in [9.17, 15) is 8.42 Å². The van der Waals surface area contributed by atoms with E-state index in [4.69, 9.17) is 0 Å². The summed E-state index contributed by atoms with van der Waals surface area (Å²) in [5.74, 6) is 0.715. The Labute approximate surface area is 166 Å². The summed E-state index contributed by atoms with van der Waals surface area (Å²) in [6, 6.07) is 11.8. The lowest BCUT2D eigenvalue weighted by Crippen LogP contribution is -2.43. The molecule has 1 atom stereocenters. The number of thiophene rings is 1.